The van der Waals surface area contributed by atoms with Gasteiger partial charge < -0.3 is 44.9 Å². The monoisotopic (exact) mass is 499 g/mol. The smallest absolute Gasteiger partial charge is 0.414 e. The molecular formula is C21H29N3O11. The fraction of sp³-hybridized carbons (Fsp3) is 0.381. The second-order valence-electron chi connectivity index (χ2n) is 6.87. The van der Waals surface area contributed by atoms with E-state index >= 15 is 0 Å². The van der Waals surface area contributed by atoms with E-state index in [4.69, 9.17) is 49.1 Å². The number of carboxylic acids is 4. The van der Waals surface area contributed by atoms with E-state index < -0.39 is 30.0 Å². The molecule has 1 aromatic heterocycles. The van der Waals surface area contributed by atoms with Crippen LogP contribution in [0.5, 0.6) is 11.5 Å². The lowest BCUT2D eigenvalue weighted by Crippen LogP contribution is -2.35. The van der Waals surface area contributed by atoms with Crippen molar-refractivity contribution < 1.29 is 54.2 Å². The van der Waals surface area contributed by atoms with Crippen molar-refractivity contribution in [2.45, 2.75) is 32.5 Å². The Morgan fingerprint density at radius 3 is 1.80 bits per heavy atom. The van der Waals surface area contributed by atoms with Gasteiger partial charge in [0, 0.05) is 25.0 Å². The minimum atomic E-state index is -1.82. The highest BCUT2D eigenvalue weighted by molar-refractivity contribution is 6.27. The number of hydrogen-bond acceptors (Lipinski definition) is 9. The Bertz CT molecular complexity index is 852. The predicted octanol–water partition coefficient (Wildman–Crippen LogP) is 0.0110. The Morgan fingerprint density at radius 2 is 1.40 bits per heavy atom. The number of aromatic nitrogens is 2. The van der Waals surface area contributed by atoms with Crippen molar-refractivity contribution in [2.24, 2.45) is 0 Å². The first-order valence-electron chi connectivity index (χ1n) is 10.1. The quantitative estimate of drug-likeness (QED) is 0.238. The van der Waals surface area contributed by atoms with Crippen molar-refractivity contribution in [1.29, 1.82) is 0 Å². The number of ether oxygens (including phenoxy) is 2. The van der Waals surface area contributed by atoms with Crippen molar-refractivity contribution in [3.05, 3.63) is 43.0 Å². The summed E-state index contributed by atoms with van der Waals surface area (Å²) in [6.45, 7) is 6.20. The van der Waals surface area contributed by atoms with Crippen molar-refractivity contribution in [3.8, 4) is 11.5 Å². The molecule has 0 aliphatic carbocycles. The maximum absolute atomic E-state index is 9.80. The number of aliphatic carboxylic acids is 4. The van der Waals surface area contributed by atoms with Crippen LogP contribution in [-0.4, -0.2) is 90.9 Å². The lowest BCUT2D eigenvalue weighted by Gasteiger charge is -2.15. The lowest BCUT2D eigenvalue weighted by atomic mass is 10.3. The Kier molecular flexibility index (Phi) is 15.3. The summed E-state index contributed by atoms with van der Waals surface area (Å²) in [4.78, 5) is 40.4. The lowest BCUT2D eigenvalue weighted by molar-refractivity contribution is -0.159. The zero-order valence-electron chi connectivity index (χ0n) is 19.1. The highest BCUT2D eigenvalue weighted by Crippen LogP contribution is 2.17. The zero-order valence-corrected chi connectivity index (χ0v) is 19.1. The van der Waals surface area contributed by atoms with Gasteiger partial charge in [0.1, 0.15) is 30.8 Å². The van der Waals surface area contributed by atoms with Crippen molar-refractivity contribution in [3.63, 3.8) is 0 Å². The molecule has 0 aliphatic rings. The molecule has 14 heteroatoms. The maximum atomic E-state index is 9.80. The van der Waals surface area contributed by atoms with Gasteiger partial charge in [-0.2, -0.15) is 0 Å². The summed E-state index contributed by atoms with van der Waals surface area (Å²) in [6, 6.07) is 7.76. The molecule has 1 aromatic carbocycles. The molecule has 0 fully saturated rings. The fourth-order valence-electron chi connectivity index (χ4n) is 1.94. The molecule has 0 radical (unpaired) electrons. The molecule has 1 unspecified atom stereocenters. The average molecular weight is 499 g/mol. The number of nitrogens with one attached hydrogen (secondary N) is 1. The van der Waals surface area contributed by atoms with Crippen LogP contribution >= 0.6 is 0 Å². The van der Waals surface area contributed by atoms with Gasteiger partial charge in [-0.1, -0.05) is 13.8 Å². The first-order valence-corrected chi connectivity index (χ1v) is 10.1. The van der Waals surface area contributed by atoms with Gasteiger partial charge in [0.05, 0.1) is 12.9 Å². The van der Waals surface area contributed by atoms with E-state index in [1.165, 1.54) is 0 Å². The van der Waals surface area contributed by atoms with E-state index in [-0.39, 0.29) is 6.61 Å². The van der Waals surface area contributed by atoms with Crippen LogP contribution in [0.4, 0.5) is 0 Å². The van der Waals surface area contributed by atoms with Crippen LogP contribution in [-0.2, 0) is 25.7 Å². The van der Waals surface area contributed by atoms with Crippen molar-refractivity contribution in [2.75, 3.05) is 19.8 Å². The van der Waals surface area contributed by atoms with Crippen molar-refractivity contribution in [1.82, 2.24) is 14.9 Å². The highest BCUT2D eigenvalue weighted by atomic mass is 16.5. The van der Waals surface area contributed by atoms with Crippen LogP contribution in [0.3, 0.4) is 0 Å². The molecule has 0 amide bonds. The summed E-state index contributed by atoms with van der Waals surface area (Å²) in [6.07, 6.45) is 4.89. The fourth-order valence-corrected chi connectivity index (χ4v) is 1.94. The normalized spacial score (nSPS) is 10.6. The van der Waals surface area contributed by atoms with Gasteiger partial charge in [-0.05, 0) is 24.3 Å². The number of rotatable bonds is 10. The maximum Gasteiger partial charge on any atom is 0.414 e. The van der Waals surface area contributed by atoms with E-state index in [0.29, 0.717) is 19.2 Å². The van der Waals surface area contributed by atoms with Gasteiger partial charge >= 0.3 is 23.9 Å². The second-order valence-corrected chi connectivity index (χ2v) is 6.87. The number of hydrogen-bond donors (Lipinski definition) is 6. The number of carbonyl (C=O) groups is 4. The third-order valence-corrected chi connectivity index (χ3v) is 3.57. The van der Waals surface area contributed by atoms with E-state index in [1.807, 2.05) is 48.9 Å². The molecule has 1 atom stereocenters. The minimum absolute atomic E-state index is 0.264. The molecule has 0 spiro atoms. The van der Waals surface area contributed by atoms with Gasteiger partial charge in [0.2, 0.25) is 0 Å². The van der Waals surface area contributed by atoms with Gasteiger partial charge in [0.15, 0.2) is 0 Å². The molecule has 0 saturated carbocycles. The molecule has 0 saturated heterocycles. The first kappa shape index (κ1) is 30.8. The van der Waals surface area contributed by atoms with E-state index in [9.17, 15) is 5.11 Å². The molecule has 194 valence electrons. The standard InChI is InChI=1S/C17H25N3O3.2C2H2O4/c1-14(2)19-11-15(21)12-23-17-5-3-16(4-6-17)22-10-9-20-8-7-18-13-20;2*3-1(4)2(5)6/h3-8,13-15,19,21H,9-12H2,1-2H3;2*(H,3,4)(H,5,6). The zero-order chi connectivity index (χ0) is 26.8. The molecule has 14 nitrogen and oxygen atoms in total. The number of nitrogens with zero attached hydrogens (tertiary/aromatic N) is 2. The molecule has 0 bridgehead atoms. The van der Waals surface area contributed by atoms with Gasteiger partial charge in [-0.15, -0.1) is 0 Å². The third kappa shape index (κ3) is 17.0. The molecule has 1 heterocycles. The number of imidazole rings is 1. The molecule has 35 heavy (non-hydrogen) atoms. The second kappa shape index (κ2) is 17.3. The van der Waals surface area contributed by atoms with E-state index in [1.54, 1.807) is 12.5 Å². The molecule has 2 rings (SSSR count). The molecule has 2 aromatic rings. The van der Waals surface area contributed by atoms with Gasteiger partial charge in [-0.25, -0.2) is 24.2 Å². The largest absolute Gasteiger partial charge is 0.492 e. The number of benzene rings is 1. The number of aliphatic hydroxyl groups is 1. The van der Waals surface area contributed by atoms with Crippen LogP contribution < -0.4 is 14.8 Å². The highest BCUT2D eigenvalue weighted by Gasteiger charge is 2.06. The summed E-state index contributed by atoms with van der Waals surface area (Å²) in [7, 11) is 0. The Morgan fingerprint density at radius 1 is 0.914 bits per heavy atom. The Balaban J connectivity index is 0.000000797. The summed E-state index contributed by atoms with van der Waals surface area (Å²) in [5, 5.41) is 42.5. The Hall–Kier alpha value is -4.17. The molecular weight excluding hydrogens is 470 g/mol. The summed E-state index contributed by atoms with van der Waals surface area (Å²) in [5.74, 6) is -5.79. The van der Waals surface area contributed by atoms with Crippen LogP contribution in [0.25, 0.3) is 0 Å². The summed E-state index contributed by atoms with van der Waals surface area (Å²) >= 11 is 0. The van der Waals surface area contributed by atoms with Crippen LogP contribution in [0.1, 0.15) is 13.8 Å². The topological polar surface area (TPSA) is 218 Å². The Labute approximate surface area is 200 Å². The van der Waals surface area contributed by atoms with Crippen molar-refractivity contribution >= 4 is 23.9 Å². The molecule has 6 N–H and O–H groups in total. The van der Waals surface area contributed by atoms with Gasteiger partial charge in [-0.3, -0.25) is 0 Å². The van der Waals surface area contributed by atoms with E-state index in [2.05, 4.69) is 10.3 Å². The van der Waals surface area contributed by atoms with E-state index in [0.717, 1.165) is 18.0 Å². The average Bonchev–Trinajstić information content (AvgIpc) is 3.31. The summed E-state index contributed by atoms with van der Waals surface area (Å²) in [5.41, 5.74) is 0. The molecule has 0 aliphatic heterocycles. The van der Waals surface area contributed by atoms with Crippen LogP contribution in [0.15, 0.2) is 43.0 Å². The summed E-state index contributed by atoms with van der Waals surface area (Å²) < 4.78 is 13.2. The minimum Gasteiger partial charge on any atom is -0.492 e. The third-order valence-electron chi connectivity index (χ3n) is 3.57. The number of carboxylic acid groups (broad SMARTS) is 4. The SMILES string of the molecule is CC(C)NCC(O)COc1ccc(OCCn2ccnc2)cc1.O=C(O)C(=O)O.O=C(O)C(=O)O. The number of aliphatic hydroxyl groups excluding tert-OH is 1. The van der Waals surface area contributed by atoms with Crippen LogP contribution in [0.2, 0.25) is 0 Å². The predicted molar refractivity (Wildman–Crippen MR) is 119 cm³/mol. The van der Waals surface area contributed by atoms with Crippen LogP contribution in [0, 0.1) is 0 Å². The first-order chi connectivity index (χ1) is 16.4. The van der Waals surface area contributed by atoms with Gasteiger partial charge in [0.25, 0.3) is 0 Å².